The maximum absolute atomic E-state index is 5.49. The predicted molar refractivity (Wildman–Crippen MR) is 46.2 cm³/mol. The summed E-state index contributed by atoms with van der Waals surface area (Å²) in [6.45, 7) is 1.88. The fourth-order valence-electron chi connectivity index (χ4n) is 0.624. The molecule has 1 unspecified atom stereocenters. The highest BCUT2D eigenvalue weighted by molar-refractivity contribution is 6.28. The van der Waals surface area contributed by atoms with E-state index in [1.54, 1.807) is 7.05 Å². The van der Waals surface area contributed by atoms with E-state index in [1.807, 2.05) is 6.92 Å². The zero-order chi connectivity index (χ0) is 8.97. The molecule has 1 aromatic rings. The van der Waals surface area contributed by atoms with E-state index in [0.29, 0.717) is 5.75 Å². The molecule has 0 aliphatic rings. The summed E-state index contributed by atoms with van der Waals surface area (Å²) in [5, 5.41) is 3.14. The average molecular weight is 188 g/mol. The van der Waals surface area contributed by atoms with Gasteiger partial charge in [0.2, 0.25) is 5.28 Å². The molecule has 0 bridgehead atoms. The standard InChI is InChI=1S/C7H10ClN3O/c1-5(9-2)12-6-3-10-7(8)11-4-6/h3-5,9H,1-2H3. The zero-order valence-corrected chi connectivity index (χ0v) is 7.67. The Labute approximate surface area is 75.9 Å². The highest BCUT2D eigenvalue weighted by Gasteiger charge is 2.00. The molecule has 1 aromatic heterocycles. The molecule has 1 N–H and O–H groups in total. The zero-order valence-electron chi connectivity index (χ0n) is 6.91. The fourth-order valence-corrected chi connectivity index (χ4v) is 0.722. The summed E-state index contributed by atoms with van der Waals surface area (Å²) in [5.41, 5.74) is 0. The van der Waals surface area contributed by atoms with E-state index in [0.717, 1.165) is 0 Å². The molecular weight excluding hydrogens is 178 g/mol. The summed E-state index contributed by atoms with van der Waals surface area (Å²) in [7, 11) is 1.81. The molecule has 12 heavy (non-hydrogen) atoms. The summed E-state index contributed by atoms with van der Waals surface area (Å²) in [6, 6.07) is 0. The Kier molecular flexibility index (Phi) is 3.25. The van der Waals surface area contributed by atoms with Crippen molar-refractivity contribution in [2.45, 2.75) is 13.2 Å². The van der Waals surface area contributed by atoms with Crippen molar-refractivity contribution in [3.8, 4) is 5.75 Å². The Morgan fingerprint density at radius 3 is 2.58 bits per heavy atom. The second-order valence-corrected chi connectivity index (χ2v) is 2.57. The van der Waals surface area contributed by atoms with Crippen molar-refractivity contribution in [1.82, 2.24) is 15.3 Å². The van der Waals surface area contributed by atoms with Crippen LogP contribution in [0.4, 0.5) is 0 Å². The Balaban J connectivity index is 2.58. The molecule has 0 amide bonds. The lowest BCUT2D eigenvalue weighted by molar-refractivity contribution is 0.192. The third kappa shape index (κ3) is 2.64. The van der Waals surface area contributed by atoms with Crippen LogP contribution in [0.3, 0.4) is 0 Å². The van der Waals surface area contributed by atoms with Gasteiger partial charge in [0.1, 0.15) is 6.23 Å². The van der Waals surface area contributed by atoms with Crippen LogP contribution in [-0.2, 0) is 0 Å². The van der Waals surface area contributed by atoms with Gasteiger partial charge in [-0.15, -0.1) is 0 Å². The molecule has 0 fully saturated rings. The Bertz CT molecular complexity index is 239. The summed E-state index contributed by atoms with van der Waals surface area (Å²) < 4.78 is 5.32. The van der Waals surface area contributed by atoms with E-state index in [1.165, 1.54) is 12.4 Å². The average Bonchev–Trinajstić information content (AvgIpc) is 2.09. The Morgan fingerprint density at radius 2 is 2.08 bits per heavy atom. The molecular formula is C7H10ClN3O. The van der Waals surface area contributed by atoms with Crippen LogP contribution in [0, 0.1) is 0 Å². The first-order chi connectivity index (χ1) is 5.72. The number of hydrogen-bond acceptors (Lipinski definition) is 4. The molecule has 5 heteroatoms. The number of nitrogens with zero attached hydrogens (tertiary/aromatic N) is 2. The van der Waals surface area contributed by atoms with Gasteiger partial charge in [0.25, 0.3) is 0 Å². The molecule has 0 aliphatic carbocycles. The van der Waals surface area contributed by atoms with Crippen LogP contribution in [-0.4, -0.2) is 23.2 Å². The van der Waals surface area contributed by atoms with Crippen LogP contribution >= 0.6 is 11.6 Å². The van der Waals surface area contributed by atoms with Gasteiger partial charge >= 0.3 is 0 Å². The van der Waals surface area contributed by atoms with E-state index in [2.05, 4.69) is 15.3 Å². The lowest BCUT2D eigenvalue weighted by atomic mass is 10.6. The molecule has 66 valence electrons. The van der Waals surface area contributed by atoms with Gasteiger partial charge in [0.05, 0.1) is 12.4 Å². The maximum Gasteiger partial charge on any atom is 0.222 e. The van der Waals surface area contributed by atoms with Crippen LogP contribution in [0.5, 0.6) is 5.75 Å². The second kappa shape index (κ2) is 4.23. The molecule has 1 heterocycles. The molecule has 0 aromatic carbocycles. The lowest BCUT2D eigenvalue weighted by Gasteiger charge is -2.11. The molecule has 0 radical (unpaired) electrons. The van der Waals surface area contributed by atoms with E-state index < -0.39 is 0 Å². The lowest BCUT2D eigenvalue weighted by Crippen LogP contribution is -2.27. The normalized spacial score (nSPS) is 12.6. The highest BCUT2D eigenvalue weighted by atomic mass is 35.5. The van der Waals surface area contributed by atoms with E-state index in [-0.39, 0.29) is 11.5 Å². The number of ether oxygens (including phenoxy) is 1. The van der Waals surface area contributed by atoms with Gasteiger partial charge in [0, 0.05) is 0 Å². The number of nitrogens with one attached hydrogen (secondary N) is 1. The maximum atomic E-state index is 5.49. The highest BCUT2D eigenvalue weighted by Crippen LogP contribution is 2.09. The van der Waals surface area contributed by atoms with Gasteiger partial charge in [-0.3, -0.25) is 5.32 Å². The van der Waals surface area contributed by atoms with Gasteiger partial charge < -0.3 is 4.74 Å². The van der Waals surface area contributed by atoms with Gasteiger partial charge in [-0.1, -0.05) is 0 Å². The number of aromatic nitrogens is 2. The minimum atomic E-state index is -0.0604. The minimum absolute atomic E-state index is 0.0604. The fraction of sp³-hybridized carbons (Fsp3) is 0.429. The molecule has 1 rings (SSSR count). The molecule has 0 saturated heterocycles. The van der Waals surface area contributed by atoms with E-state index in [9.17, 15) is 0 Å². The summed E-state index contributed by atoms with van der Waals surface area (Å²) in [6.07, 6.45) is 3.00. The van der Waals surface area contributed by atoms with Crippen molar-refractivity contribution in [2.75, 3.05) is 7.05 Å². The molecule has 0 aliphatic heterocycles. The van der Waals surface area contributed by atoms with E-state index in [4.69, 9.17) is 16.3 Å². The minimum Gasteiger partial charge on any atom is -0.472 e. The summed E-state index contributed by atoms with van der Waals surface area (Å²) in [5.74, 6) is 0.598. The van der Waals surface area contributed by atoms with Gasteiger partial charge in [-0.05, 0) is 25.6 Å². The van der Waals surface area contributed by atoms with Crippen LogP contribution in [0.15, 0.2) is 12.4 Å². The number of rotatable bonds is 3. The van der Waals surface area contributed by atoms with Gasteiger partial charge in [0.15, 0.2) is 5.75 Å². The monoisotopic (exact) mass is 187 g/mol. The van der Waals surface area contributed by atoms with Crippen LogP contribution in [0.25, 0.3) is 0 Å². The van der Waals surface area contributed by atoms with Crippen LogP contribution in [0.1, 0.15) is 6.92 Å². The largest absolute Gasteiger partial charge is 0.472 e. The first kappa shape index (κ1) is 9.22. The Hall–Kier alpha value is -0.870. The van der Waals surface area contributed by atoms with Crippen LogP contribution in [0.2, 0.25) is 5.28 Å². The quantitative estimate of drug-likeness (QED) is 0.568. The molecule has 0 spiro atoms. The Morgan fingerprint density at radius 1 is 1.50 bits per heavy atom. The van der Waals surface area contributed by atoms with Crippen molar-refractivity contribution in [3.63, 3.8) is 0 Å². The van der Waals surface area contributed by atoms with Crippen molar-refractivity contribution >= 4 is 11.6 Å². The van der Waals surface area contributed by atoms with Crippen molar-refractivity contribution in [3.05, 3.63) is 17.7 Å². The SMILES string of the molecule is CNC(C)Oc1cnc(Cl)nc1. The number of halogens is 1. The predicted octanol–water partition coefficient (Wildman–Crippen LogP) is 1.07. The molecule has 4 nitrogen and oxygen atoms in total. The summed E-state index contributed by atoms with van der Waals surface area (Å²) in [4.78, 5) is 7.54. The third-order valence-electron chi connectivity index (χ3n) is 1.32. The van der Waals surface area contributed by atoms with Gasteiger partial charge in [-0.2, -0.15) is 0 Å². The molecule has 0 saturated carbocycles. The second-order valence-electron chi connectivity index (χ2n) is 2.24. The van der Waals surface area contributed by atoms with Crippen molar-refractivity contribution in [2.24, 2.45) is 0 Å². The topological polar surface area (TPSA) is 47.0 Å². The number of hydrogen-bond donors (Lipinski definition) is 1. The molecule has 1 atom stereocenters. The third-order valence-corrected chi connectivity index (χ3v) is 1.51. The smallest absolute Gasteiger partial charge is 0.222 e. The first-order valence-corrected chi connectivity index (χ1v) is 3.91. The summed E-state index contributed by atoms with van der Waals surface area (Å²) >= 11 is 5.49. The van der Waals surface area contributed by atoms with Crippen molar-refractivity contribution in [1.29, 1.82) is 0 Å². The van der Waals surface area contributed by atoms with Gasteiger partial charge in [-0.25, -0.2) is 9.97 Å². The van der Waals surface area contributed by atoms with E-state index >= 15 is 0 Å². The first-order valence-electron chi connectivity index (χ1n) is 3.54. The van der Waals surface area contributed by atoms with Crippen LogP contribution < -0.4 is 10.1 Å². The van der Waals surface area contributed by atoms with Crippen molar-refractivity contribution < 1.29 is 4.74 Å².